The third-order valence-electron chi connectivity index (χ3n) is 3.14. The molecule has 2 rings (SSSR count). The van der Waals surface area contributed by atoms with Crippen molar-refractivity contribution < 1.29 is 0 Å². The Hall–Kier alpha value is 0.190. The molecule has 2 aromatic carbocycles. The maximum absolute atomic E-state index is 6.40. The van der Waals surface area contributed by atoms with Crippen LogP contribution >= 0.6 is 61.7 Å². The summed E-state index contributed by atoms with van der Waals surface area (Å²) in [5, 5.41) is 4.98. The van der Waals surface area contributed by atoms with E-state index < -0.39 is 0 Å². The molecule has 0 aliphatic rings. The molecule has 0 aromatic heterocycles. The third-order valence-corrected chi connectivity index (χ3v) is 5.11. The predicted molar refractivity (Wildman–Crippen MR) is 103 cm³/mol. The summed E-state index contributed by atoms with van der Waals surface area (Å²) in [6, 6.07) is 11.9. The second-order valence-corrected chi connectivity index (χ2v) is 7.66. The van der Waals surface area contributed by atoms with Gasteiger partial charge in [-0.2, -0.15) is 0 Å². The molecule has 112 valence electrons. The van der Waals surface area contributed by atoms with Crippen LogP contribution in [0.4, 0.5) is 0 Å². The first kappa shape index (κ1) is 17.5. The number of rotatable bonds is 5. The van der Waals surface area contributed by atoms with E-state index in [2.05, 4.69) is 69.0 Å². The fourth-order valence-electron chi connectivity index (χ4n) is 2.15. The van der Waals surface area contributed by atoms with E-state index in [1.54, 1.807) is 0 Å². The summed E-state index contributed by atoms with van der Waals surface area (Å²) in [5.74, 6) is 0. The van der Waals surface area contributed by atoms with Gasteiger partial charge in [-0.25, -0.2) is 0 Å². The molecule has 1 atom stereocenters. The summed E-state index contributed by atoms with van der Waals surface area (Å²) in [6.07, 6.45) is 1.05. The lowest BCUT2D eigenvalue weighted by Crippen LogP contribution is -2.24. The molecule has 0 heterocycles. The van der Waals surface area contributed by atoms with Crippen LogP contribution in [0.5, 0.6) is 0 Å². The Kier molecular flexibility index (Phi) is 6.81. The van der Waals surface area contributed by atoms with Crippen LogP contribution in [0.3, 0.4) is 0 Å². The molecule has 0 bridgehead atoms. The Bertz CT molecular complexity index is 582. The third kappa shape index (κ3) is 4.58. The molecule has 0 saturated carbocycles. The molecule has 0 saturated heterocycles. The standard InChI is InChI=1S/C16H15BrCl2IN/c1-2-7-21-16(12-9-11(20)4-5-14(12)17)13-8-10(18)3-6-15(13)19/h3-6,8-9,16,21H,2,7H2,1H3. The number of hydrogen-bond donors (Lipinski definition) is 1. The highest BCUT2D eigenvalue weighted by molar-refractivity contribution is 14.1. The van der Waals surface area contributed by atoms with Crippen molar-refractivity contribution in [1.82, 2.24) is 5.32 Å². The van der Waals surface area contributed by atoms with Crippen LogP contribution in [0.2, 0.25) is 10.0 Å². The first-order valence-electron chi connectivity index (χ1n) is 6.66. The predicted octanol–water partition coefficient (Wildman–Crippen LogP) is 6.45. The molecule has 0 spiro atoms. The van der Waals surface area contributed by atoms with Gasteiger partial charge in [0.1, 0.15) is 0 Å². The second kappa shape index (κ2) is 8.16. The molecular formula is C16H15BrCl2IN. The molecule has 0 amide bonds. The summed E-state index contributed by atoms with van der Waals surface area (Å²) >= 11 is 18.5. The number of nitrogens with one attached hydrogen (secondary N) is 1. The largest absolute Gasteiger partial charge is 0.306 e. The number of halogens is 4. The Morgan fingerprint density at radius 2 is 1.90 bits per heavy atom. The molecule has 0 radical (unpaired) electrons. The van der Waals surface area contributed by atoms with Crippen molar-refractivity contribution in [2.45, 2.75) is 19.4 Å². The maximum Gasteiger partial charge on any atom is 0.0603 e. The number of benzene rings is 2. The van der Waals surface area contributed by atoms with Crippen LogP contribution in [0, 0.1) is 3.57 Å². The van der Waals surface area contributed by atoms with E-state index in [0.717, 1.165) is 28.0 Å². The normalized spacial score (nSPS) is 12.4. The zero-order chi connectivity index (χ0) is 15.4. The van der Waals surface area contributed by atoms with Gasteiger partial charge in [0.05, 0.1) is 6.04 Å². The Labute approximate surface area is 157 Å². The van der Waals surface area contributed by atoms with Crippen molar-refractivity contribution in [1.29, 1.82) is 0 Å². The summed E-state index contributed by atoms with van der Waals surface area (Å²) in [6.45, 7) is 3.05. The zero-order valence-electron chi connectivity index (χ0n) is 11.5. The highest BCUT2D eigenvalue weighted by Gasteiger charge is 2.19. The molecule has 2 aromatic rings. The minimum absolute atomic E-state index is 0.0141. The molecular weight excluding hydrogens is 484 g/mol. The summed E-state index contributed by atoms with van der Waals surface area (Å²) < 4.78 is 2.25. The molecule has 0 aliphatic carbocycles. The van der Waals surface area contributed by atoms with Gasteiger partial charge in [-0.15, -0.1) is 0 Å². The fourth-order valence-corrected chi connectivity index (χ4v) is 3.55. The van der Waals surface area contributed by atoms with Gasteiger partial charge in [0, 0.05) is 18.1 Å². The molecule has 5 heteroatoms. The van der Waals surface area contributed by atoms with Gasteiger partial charge in [-0.05, 0) is 83.1 Å². The second-order valence-electron chi connectivity index (χ2n) is 4.72. The Morgan fingerprint density at radius 1 is 1.14 bits per heavy atom. The SMILES string of the molecule is CCCNC(c1cc(Cl)ccc1Cl)c1cc(I)ccc1Br. The van der Waals surface area contributed by atoms with Crippen LogP contribution in [0.1, 0.15) is 30.5 Å². The first-order chi connectivity index (χ1) is 10.0. The molecule has 0 fully saturated rings. The Morgan fingerprint density at radius 3 is 2.62 bits per heavy atom. The minimum Gasteiger partial charge on any atom is -0.306 e. The van der Waals surface area contributed by atoms with E-state index in [1.807, 2.05) is 18.2 Å². The van der Waals surface area contributed by atoms with E-state index in [1.165, 1.54) is 9.13 Å². The first-order valence-corrected chi connectivity index (χ1v) is 9.29. The van der Waals surface area contributed by atoms with E-state index in [-0.39, 0.29) is 6.04 Å². The van der Waals surface area contributed by atoms with Crippen molar-refractivity contribution in [3.63, 3.8) is 0 Å². The molecule has 0 aliphatic heterocycles. The molecule has 1 unspecified atom stereocenters. The average Bonchev–Trinajstić information content (AvgIpc) is 2.46. The average molecular weight is 499 g/mol. The molecule has 21 heavy (non-hydrogen) atoms. The van der Waals surface area contributed by atoms with Crippen LogP contribution in [-0.2, 0) is 0 Å². The van der Waals surface area contributed by atoms with Crippen LogP contribution in [0.25, 0.3) is 0 Å². The topological polar surface area (TPSA) is 12.0 Å². The van der Waals surface area contributed by atoms with Crippen molar-refractivity contribution in [3.05, 3.63) is 65.6 Å². The number of hydrogen-bond acceptors (Lipinski definition) is 1. The van der Waals surface area contributed by atoms with Crippen molar-refractivity contribution >= 4 is 61.7 Å². The summed E-state index contributed by atoms with van der Waals surface area (Å²) in [5.41, 5.74) is 2.17. The highest BCUT2D eigenvalue weighted by atomic mass is 127. The van der Waals surface area contributed by atoms with E-state index in [4.69, 9.17) is 23.2 Å². The van der Waals surface area contributed by atoms with Crippen LogP contribution < -0.4 is 5.32 Å². The molecule has 1 N–H and O–H groups in total. The summed E-state index contributed by atoms with van der Waals surface area (Å²) in [4.78, 5) is 0. The monoisotopic (exact) mass is 497 g/mol. The van der Waals surface area contributed by atoms with Crippen molar-refractivity contribution in [2.75, 3.05) is 6.54 Å². The lowest BCUT2D eigenvalue weighted by Gasteiger charge is -2.22. The Balaban J connectivity index is 2.52. The van der Waals surface area contributed by atoms with E-state index in [0.29, 0.717) is 5.02 Å². The van der Waals surface area contributed by atoms with Gasteiger partial charge in [-0.3, -0.25) is 0 Å². The fraction of sp³-hybridized carbons (Fsp3) is 0.250. The van der Waals surface area contributed by atoms with Crippen LogP contribution in [0.15, 0.2) is 40.9 Å². The van der Waals surface area contributed by atoms with Gasteiger partial charge >= 0.3 is 0 Å². The van der Waals surface area contributed by atoms with Gasteiger partial charge in [0.15, 0.2) is 0 Å². The van der Waals surface area contributed by atoms with Crippen LogP contribution in [-0.4, -0.2) is 6.54 Å². The highest BCUT2D eigenvalue weighted by Crippen LogP contribution is 2.34. The summed E-state index contributed by atoms with van der Waals surface area (Å²) in [7, 11) is 0. The van der Waals surface area contributed by atoms with Gasteiger partial charge < -0.3 is 5.32 Å². The van der Waals surface area contributed by atoms with Gasteiger partial charge in [0.25, 0.3) is 0 Å². The van der Waals surface area contributed by atoms with E-state index in [9.17, 15) is 0 Å². The quantitative estimate of drug-likeness (QED) is 0.467. The van der Waals surface area contributed by atoms with E-state index >= 15 is 0 Å². The lowest BCUT2D eigenvalue weighted by molar-refractivity contribution is 0.597. The maximum atomic E-state index is 6.40. The van der Waals surface area contributed by atoms with Gasteiger partial charge in [-0.1, -0.05) is 46.1 Å². The smallest absolute Gasteiger partial charge is 0.0603 e. The van der Waals surface area contributed by atoms with Crippen molar-refractivity contribution in [2.24, 2.45) is 0 Å². The zero-order valence-corrected chi connectivity index (χ0v) is 16.7. The van der Waals surface area contributed by atoms with Gasteiger partial charge in [0.2, 0.25) is 0 Å². The molecule has 1 nitrogen and oxygen atoms in total. The minimum atomic E-state index is 0.0141. The van der Waals surface area contributed by atoms with Crippen molar-refractivity contribution in [3.8, 4) is 0 Å². The lowest BCUT2D eigenvalue weighted by atomic mass is 9.98.